The molecule has 6 nitrogen and oxygen atoms in total. The van der Waals surface area contributed by atoms with Gasteiger partial charge in [0, 0.05) is 11.6 Å². The Balaban J connectivity index is 1.55. The minimum atomic E-state index is -0.406. The van der Waals surface area contributed by atoms with Gasteiger partial charge in [0.15, 0.2) is 0 Å². The molecular formula is C25H34BNO5. The Morgan fingerprint density at radius 2 is 1.91 bits per heavy atom. The summed E-state index contributed by atoms with van der Waals surface area (Å²) in [4.78, 5) is 16.2. The second-order valence-corrected chi connectivity index (χ2v) is 9.26. The fourth-order valence-corrected chi connectivity index (χ4v) is 3.49. The molecule has 1 aliphatic heterocycles. The number of hydrogen-bond donors (Lipinski definition) is 0. The van der Waals surface area contributed by atoms with Gasteiger partial charge in [0.05, 0.1) is 29.9 Å². The molecule has 1 saturated carbocycles. The van der Waals surface area contributed by atoms with E-state index in [1.165, 1.54) is 0 Å². The Morgan fingerprint density at radius 1 is 1.22 bits per heavy atom. The fraction of sp³-hybridized carbons (Fsp3) is 0.520. The van der Waals surface area contributed by atoms with Gasteiger partial charge >= 0.3 is 13.1 Å². The van der Waals surface area contributed by atoms with E-state index in [1.807, 2.05) is 71.9 Å². The third-order valence-electron chi connectivity index (χ3n) is 6.33. The number of nitrogens with zero attached hydrogens (tertiary/aromatic N) is 1. The molecule has 0 N–H and O–H groups in total. The molecule has 2 atom stereocenters. The summed E-state index contributed by atoms with van der Waals surface area (Å²) in [5.41, 5.74) is 1.89. The first kappa shape index (κ1) is 24.3. The van der Waals surface area contributed by atoms with E-state index < -0.39 is 7.12 Å². The monoisotopic (exact) mass is 439 g/mol. The molecule has 2 aliphatic rings. The summed E-state index contributed by atoms with van der Waals surface area (Å²) in [6.07, 6.45) is 4.25. The highest BCUT2D eigenvalue weighted by Crippen LogP contribution is 2.44. The van der Waals surface area contributed by atoms with E-state index in [1.54, 1.807) is 6.21 Å². The summed E-state index contributed by atoms with van der Waals surface area (Å²) < 4.78 is 23.3. The predicted molar refractivity (Wildman–Crippen MR) is 127 cm³/mol. The lowest BCUT2D eigenvalue weighted by Crippen LogP contribution is -2.41. The highest BCUT2D eigenvalue weighted by Gasteiger charge is 2.51. The molecule has 1 aromatic rings. The van der Waals surface area contributed by atoms with Crippen LogP contribution in [0.5, 0.6) is 0 Å². The van der Waals surface area contributed by atoms with Crippen LogP contribution in [0.4, 0.5) is 0 Å². The molecular weight excluding hydrogens is 405 g/mol. The minimum absolute atomic E-state index is 0.0556. The van der Waals surface area contributed by atoms with E-state index in [2.05, 4.69) is 11.6 Å². The Hall–Kier alpha value is -2.38. The van der Waals surface area contributed by atoms with Crippen LogP contribution in [0.2, 0.25) is 0 Å². The number of ether oxygens (including phenoxy) is 2. The molecule has 0 spiro atoms. The van der Waals surface area contributed by atoms with Crippen molar-refractivity contribution in [3.8, 4) is 0 Å². The van der Waals surface area contributed by atoms with Crippen molar-refractivity contribution in [1.29, 1.82) is 0 Å². The van der Waals surface area contributed by atoms with Crippen molar-refractivity contribution < 1.29 is 23.6 Å². The van der Waals surface area contributed by atoms with Crippen LogP contribution in [0.15, 0.2) is 53.4 Å². The quantitative estimate of drug-likeness (QED) is 0.250. The van der Waals surface area contributed by atoms with Crippen molar-refractivity contribution in [3.05, 3.63) is 53.9 Å². The van der Waals surface area contributed by atoms with E-state index in [4.69, 9.17) is 18.8 Å². The number of hydrogen-bond acceptors (Lipinski definition) is 6. The van der Waals surface area contributed by atoms with Crippen molar-refractivity contribution in [2.45, 2.75) is 65.8 Å². The van der Waals surface area contributed by atoms with Crippen LogP contribution >= 0.6 is 0 Å². The fourth-order valence-electron chi connectivity index (χ4n) is 3.49. The lowest BCUT2D eigenvalue weighted by Gasteiger charge is -2.32. The van der Waals surface area contributed by atoms with Crippen LogP contribution in [-0.4, -0.2) is 37.1 Å². The first-order chi connectivity index (χ1) is 15.1. The van der Waals surface area contributed by atoms with Gasteiger partial charge in [-0.3, -0.25) is 9.79 Å². The highest BCUT2D eigenvalue weighted by molar-refractivity contribution is 6.62. The van der Waals surface area contributed by atoms with Crippen LogP contribution < -0.4 is 5.46 Å². The molecule has 1 heterocycles. The molecule has 1 aromatic carbocycles. The van der Waals surface area contributed by atoms with E-state index in [9.17, 15) is 4.79 Å². The topological polar surface area (TPSA) is 66.3 Å². The van der Waals surface area contributed by atoms with Crippen molar-refractivity contribution >= 4 is 24.8 Å². The molecule has 7 heteroatoms. The highest BCUT2D eigenvalue weighted by atomic mass is 16.7. The Morgan fingerprint density at radius 3 is 2.53 bits per heavy atom. The first-order valence-electron chi connectivity index (χ1n) is 11.2. The largest absolute Gasteiger partial charge is 0.494 e. The van der Waals surface area contributed by atoms with Crippen molar-refractivity contribution in [1.82, 2.24) is 0 Å². The van der Waals surface area contributed by atoms with Crippen LogP contribution in [0, 0.1) is 11.8 Å². The van der Waals surface area contributed by atoms with E-state index in [0.29, 0.717) is 24.7 Å². The molecule has 172 valence electrons. The number of carbonyl (C=O) groups is 1. The average molecular weight is 439 g/mol. The van der Waals surface area contributed by atoms with Crippen LogP contribution in [0.1, 0.15) is 53.5 Å². The zero-order valence-electron chi connectivity index (χ0n) is 20.0. The summed E-state index contributed by atoms with van der Waals surface area (Å²) >= 11 is 0. The summed E-state index contributed by atoms with van der Waals surface area (Å²) in [5.74, 6) is 0.408. The number of esters is 1. The van der Waals surface area contributed by atoms with Crippen LogP contribution in [-0.2, 0) is 30.2 Å². The zero-order chi connectivity index (χ0) is 23.5. The molecule has 0 aromatic heterocycles. The second-order valence-electron chi connectivity index (χ2n) is 9.26. The number of allylic oxidation sites excluding steroid dienone is 3. The van der Waals surface area contributed by atoms with Gasteiger partial charge in [-0.2, -0.15) is 0 Å². The lowest BCUT2D eigenvalue weighted by molar-refractivity contribution is -0.144. The van der Waals surface area contributed by atoms with Crippen molar-refractivity contribution in [2.24, 2.45) is 16.8 Å². The summed E-state index contributed by atoms with van der Waals surface area (Å²) in [5, 5.41) is 0. The Kier molecular flexibility index (Phi) is 7.30. The average Bonchev–Trinajstić information content (AvgIpc) is 3.50. The summed E-state index contributed by atoms with van der Waals surface area (Å²) in [7, 11) is -0.406. The van der Waals surface area contributed by atoms with Crippen molar-refractivity contribution in [3.63, 3.8) is 0 Å². The molecule has 0 unspecified atom stereocenters. The smallest absolute Gasteiger partial charge is 0.488 e. The molecule has 2 fully saturated rings. The van der Waals surface area contributed by atoms with E-state index in [-0.39, 0.29) is 29.0 Å². The normalized spacial score (nSPS) is 23.9. The summed E-state index contributed by atoms with van der Waals surface area (Å²) in [6.45, 7) is 16.7. The maximum absolute atomic E-state index is 11.8. The zero-order valence-corrected chi connectivity index (χ0v) is 20.0. The van der Waals surface area contributed by atoms with Crippen LogP contribution in [0.3, 0.4) is 0 Å². The van der Waals surface area contributed by atoms with Gasteiger partial charge in [-0.25, -0.2) is 0 Å². The third-order valence-corrected chi connectivity index (χ3v) is 6.33. The van der Waals surface area contributed by atoms with Gasteiger partial charge in [-0.1, -0.05) is 30.8 Å². The van der Waals surface area contributed by atoms with Gasteiger partial charge in [-0.15, -0.1) is 0 Å². The number of rotatable bonds is 9. The number of aliphatic imine (C=N–C) groups is 1. The van der Waals surface area contributed by atoms with E-state index in [0.717, 1.165) is 17.4 Å². The standard InChI is InChI=1S/C25H34BNO5/c1-8-20(15-27-17(3)21-14-22(21)23(28)29-9-2)30-16-18-11-10-12-19(13-18)26-31-24(4,5)25(6,7)32-26/h8,10-13,15,21-22H,3,9,14,16H2,1-2,4-7H3/b20-8+,27-15-/t21-,22+/m0/s1. The number of carbonyl (C=O) groups excluding carboxylic acids is 1. The molecule has 1 aliphatic carbocycles. The molecule has 0 amide bonds. The minimum Gasteiger partial charge on any atom is -0.488 e. The van der Waals surface area contributed by atoms with Gasteiger partial charge in [-0.05, 0) is 65.1 Å². The summed E-state index contributed by atoms with van der Waals surface area (Å²) in [6, 6.07) is 8.03. The number of benzene rings is 1. The van der Waals surface area contributed by atoms with E-state index >= 15 is 0 Å². The second kappa shape index (κ2) is 9.63. The molecule has 0 bridgehead atoms. The molecule has 3 rings (SSSR count). The molecule has 1 saturated heterocycles. The Labute approximate surface area is 191 Å². The maximum Gasteiger partial charge on any atom is 0.494 e. The SMILES string of the molecule is C=C(/N=C\C(=C/C)OCc1cccc(B2OC(C)(C)C(C)(C)O2)c1)[C@@H]1C[C@H]1C(=O)OCC. The molecule has 32 heavy (non-hydrogen) atoms. The lowest BCUT2D eigenvalue weighted by atomic mass is 9.78. The van der Waals surface area contributed by atoms with Gasteiger partial charge in [0.25, 0.3) is 0 Å². The van der Waals surface area contributed by atoms with Gasteiger partial charge in [0.2, 0.25) is 0 Å². The van der Waals surface area contributed by atoms with Gasteiger partial charge < -0.3 is 18.8 Å². The predicted octanol–water partition coefficient (Wildman–Crippen LogP) is 4.19. The Bertz CT molecular complexity index is 905. The maximum atomic E-state index is 11.8. The van der Waals surface area contributed by atoms with Crippen molar-refractivity contribution in [2.75, 3.05) is 6.61 Å². The van der Waals surface area contributed by atoms with Gasteiger partial charge in [0.1, 0.15) is 12.4 Å². The van der Waals surface area contributed by atoms with Crippen LogP contribution in [0.25, 0.3) is 0 Å². The molecule has 0 radical (unpaired) electrons. The third kappa shape index (κ3) is 5.51. The first-order valence-corrected chi connectivity index (χ1v) is 11.2.